The molecule has 1 aliphatic carbocycles. The number of hydrogen-bond donors (Lipinski definition) is 0. The Hall–Kier alpha value is -1.90. The third-order valence-corrected chi connectivity index (χ3v) is 5.22. The van der Waals surface area contributed by atoms with Crippen LogP contribution < -0.4 is 0 Å². The molecule has 0 unspecified atom stereocenters. The zero-order chi connectivity index (χ0) is 14.6. The van der Waals surface area contributed by atoms with E-state index in [1.165, 1.54) is 11.1 Å². The van der Waals surface area contributed by atoms with E-state index in [1.54, 1.807) is 0 Å². The van der Waals surface area contributed by atoms with E-state index in [9.17, 15) is 4.79 Å². The highest BCUT2D eigenvalue weighted by Gasteiger charge is 2.44. The zero-order valence-electron chi connectivity index (χ0n) is 12.5. The first kappa shape index (κ1) is 12.8. The first-order valence-corrected chi connectivity index (χ1v) is 7.75. The molecule has 0 saturated heterocycles. The van der Waals surface area contributed by atoms with Gasteiger partial charge in [-0.2, -0.15) is 0 Å². The lowest BCUT2D eigenvalue weighted by molar-refractivity contribution is -0.135. The second kappa shape index (κ2) is 4.30. The lowest BCUT2D eigenvalue weighted by Crippen LogP contribution is -2.39. The molecule has 2 atom stereocenters. The number of fused-ring (bicyclic) bond motifs is 3. The first-order valence-electron chi connectivity index (χ1n) is 7.75. The molecule has 1 fully saturated rings. The second-order valence-electron chi connectivity index (χ2n) is 6.97. The Bertz CT molecular complexity index is 714. The third-order valence-electron chi connectivity index (χ3n) is 5.22. The molecule has 2 heterocycles. The highest BCUT2D eigenvalue weighted by molar-refractivity contribution is 5.89. The number of Topliss-reactive ketones (excluding diaryl/α,β-unsaturated/α-hetero) is 1. The summed E-state index contributed by atoms with van der Waals surface area (Å²) >= 11 is 0. The molecule has 1 aromatic carbocycles. The smallest absolute Gasteiger partial charge is 0.143 e. The van der Waals surface area contributed by atoms with Gasteiger partial charge in [0, 0.05) is 16.9 Å². The molecule has 1 aliphatic heterocycles. The van der Waals surface area contributed by atoms with E-state index < -0.39 is 0 Å². The Balaban J connectivity index is 1.84. The molecule has 0 spiro atoms. The van der Waals surface area contributed by atoms with Crippen molar-refractivity contribution in [3.05, 3.63) is 42.4 Å². The van der Waals surface area contributed by atoms with E-state index in [4.69, 9.17) is 0 Å². The number of carbonyl (C=O) groups is 1. The maximum atomic E-state index is 12.9. The number of ketones is 1. The van der Waals surface area contributed by atoms with Gasteiger partial charge in [0.1, 0.15) is 5.78 Å². The van der Waals surface area contributed by atoms with Crippen LogP contribution in [0.3, 0.4) is 0 Å². The molecule has 4 rings (SSSR count). The quantitative estimate of drug-likeness (QED) is 0.795. The van der Waals surface area contributed by atoms with Crippen LogP contribution in [-0.2, 0) is 4.79 Å². The van der Waals surface area contributed by atoms with E-state index in [2.05, 4.69) is 47.7 Å². The van der Waals surface area contributed by atoms with Gasteiger partial charge in [-0.25, -0.2) is 4.98 Å². The molecule has 0 radical (unpaired) electrons. The van der Waals surface area contributed by atoms with Crippen molar-refractivity contribution in [2.24, 2.45) is 11.3 Å². The molecule has 108 valence electrons. The van der Waals surface area contributed by atoms with Crippen LogP contribution in [0.25, 0.3) is 11.3 Å². The number of rotatable bonds is 1. The van der Waals surface area contributed by atoms with Crippen LogP contribution in [0.1, 0.15) is 44.7 Å². The van der Waals surface area contributed by atoms with Crippen LogP contribution in [-0.4, -0.2) is 15.3 Å². The van der Waals surface area contributed by atoms with Crippen molar-refractivity contribution in [1.29, 1.82) is 0 Å². The van der Waals surface area contributed by atoms with Crippen molar-refractivity contribution in [2.75, 3.05) is 0 Å². The van der Waals surface area contributed by atoms with Gasteiger partial charge in [0.25, 0.3) is 0 Å². The van der Waals surface area contributed by atoms with Crippen molar-refractivity contribution in [2.45, 2.75) is 39.2 Å². The van der Waals surface area contributed by atoms with Gasteiger partial charge in [-0.15, -0.1) is 0 Å². The minimum atomic E-state index is -0.193. The molecule has 2 aromatic rings. The van der Waals surface area contributed by atoms with Crippen LogP contribution in [0, 0.1) is 11.3 Å². The number of imidazole rings is 1. The molecule has 2 aliphatic rings. The molecule has 1 saturated carbocycles. The minimum absolute atomic E-state index is 0.0744. The minimum Gasteiger partial charge on any atom is -0.322 e. The highest BCUT2D eigenvalue weighted by atomic mass is 16.1. The number of hydrogen-bond acceptors (Lipinski definition) is 2. The van der Waals surface area contributed by atoms with Gasteiger partial charge >= 0.3 is 0 Å². The monoisotopic (exact) mass is 280 g/mol. The molecule has 21 heavy (non-hydrogen) atoms. The Kier molecular flexibility index (Phi) is 2.62. The van der Waals surface area contributed by atoms with Crippen molar-refractivity contribution < 1.29 is 4.79 Å². The first-order chi connectivity index (χ1) is 10.1. The Morgan fingerprint density at radius 1 is 1.29 bits per heavy atom. The van der Waals surface area contributed by atoms with Gasteiger partial charge in [-0.1, -0.05) is 44.5 Å². The van der Waals surface area contributed by atoms with Crippen molar-refractivity contribution in [1.82, 2.24) is 9.55 Å². The van der Waals surface area contributed by atoms with E-state index in [-0.39, 0.29) is 17.4 Å². The van der Waals surface area contributed by atoms with E-state index in [0.29, 0.717) is 5.78 Å². The summed E-state index contributed by atoms with van der Waals surface area (Å²) in [5, 5.41) is 0. The van der Waals surface area contributed by atoms with E-state index in [1.807, 2.05) is 12.5 Å². The number of benzene rings is 1. The fourth-order valence-electron chi connectivity index (χ4n) is 4.10. The maximum Gasteiger partial charge on any atom is 0.143 e. The van der Waals surface area contributed by atoms with Crippen molar-refractivity contribution in [3.63, 3.8) is 0 Å². The Morgan fingerprint density at radius 3 is 2.95 bits per heavy atom. The van der Waals surface area contributed by atoms with Crippen LogP contribution >= 0.6 is 0 Å². The summed E-state index contributed by atoms with van der Waals surface area (Å²) < 4.78 is 2.20. The predicted molar refractivity (Wildman–Crippen MR) is 81.9 cm³/mol. The van der Waals surface area contributed by atoms with Crippen LogP contribution in [0.15, 0.2) is 36.8 Å². The van der Waals surface area contributed by atoms with Crippen LogP contribution in [0.5, 0.6) is 0 Å². The van der Waals surface area contributed by atoms with Gasteiger partial charge in [0.15, 0.2) is 0 Å². The third kappa shape index (κ3) is 1.73. The lowest BCUT2D eigenvalue weighted by Gasteiger charge is -2.37. The zero-order valence-corrected chi connectivity index (χ0v) is 12.5. The average Bonchev–Trinajstić information content (AvgIpc) is 3.03. The fourth-order valence-corrected chi connectivity index (χ4v) is 4.10. The standard InChI is InChI=1S/C18H20N2O/c1-18(2)9-5-8-14(17(18)21)16-13-7-4-3-6-12(13)15-10-19-11-20(15)16/h3-4,6-7,10-11,14,16H,5,8-9H2,1-2H3/t14-,16+/m1/s1. The highest BCUT2D eigenvalue weighted by Crippen LogP contribution is 2.48. The number of carbonyl (C=O) groups excluding carboxylic acids is 1. The molecule has 0 N–H and O–H groups in total. The molecule has 1 aromatic heterocycles. The predicted octanol–water partition coefficient (Wildman–Crippen LogP) is 3.85. The average molecular weight is 280 g/mol. The fraction of sp³-hybridized carbons (Fsp3) is 0.444. The summed E-state index contributed by atoms with van der Waals surface area (Å²) in [6.07, 6.45) is 6.92. The largest absolute Gasteiger partial charge is 0.322 e. The molecule has 3 heteroatoms. The van der Waals surface area contributed by atoms with Crippen molar-refractivity contribution >= 4 is 5.78 Å². The summed E-state index contributed by atoms with van der Waals surface area (Å²) in [5.74, 6) is 0.487. The Morgan fingerprint density at radius 2 is 2.10 bits per heavy atom. The normalized spacial score (nSPS) is 26.5. The van der Waals surface area contributed by atoms with Gasteiger partial charge in [-0.3, -0.25) is 4.79 Å². The summed E-state index contributed by atoms with van der Waals surface area (Å²) in [5.41, 5.74) is 3.47. The SMILES string of the molecule is CC1(C)CCC[C@H]([C@@H]2c3ccccc3-c3cncn32)C1=O. The lowest BCUT2D eigenvalue weighted by atomic mass is 9.68. The summed E-state index contributed by atoms with van der Waals surface area (Å²) in [7, 11) is 0. The summed E-state index contributed by atoms with van der Waals surface area (Å²) in [6.45, 7) is 4.19. The molecule has 0 amide bonds. The summed E-state index contributed by atoms with van der Waals surface area (Å²) in [6, 6.07) is 8.57. The number of aromatic nitrogens is 2. The topological polar surface area (TPSA) is 34.9 Å². The molecular weight excluding hydrogens is 260 g/mol. The molecule has 3 nitrogen and oxygen atoms in total. The Labute approximate surface area is 125 Å². The second-order valence-corrected chi connectivity index (χ2v) is 6.97. The van der Waals surface area contributed by atoms with Crippen LogP contribution in [0.2, 0.25) is 0 Å². The van der Waals surface area contributed by atoms with Gasteiger partial charge in [-0.05, 0) is 18.4 Å². The number of nitrogens with zero attached hydrogens (tertiary/aromatic N) is 2. The molecule has 0 bridgehead atoms. The van der Waals surface area contributed by atoms with Gasteiger partial charge < -0.3 is 4.57 Å². The van der Waals surface area contributed by atoms with E-state index >= 15 is 0 Å². The molecular formula is C18H20N2O. The summed E-state index contributed by atoms with van der Waals surface area (Å²) in [4.78, 5) is 17.2. The van der Waals surface area contributed by atoms with Gasteiger partial charge in [0.05, 0.1) is 24.3 Å². The van der Waals surface area contributed by atoms with Gasteiger partial charge in [0.2, 0.25) is 0 Å². The van der Waals surface area contributed by atoms with Crippen molar-refractivity contribution in [3.8, 4) is 11.3 Å². The van der Waals surface area contributed by atoms with Crippen LogP contribution in [0.4, 0.5) is 0 Å². The maximum absolute atomic E-state index is 12.9. The van der Waals surface area contributed by atoms with E-state index in [0.717, 1.165) is 25.0 Å².